The maximum Gasteiger partial charge on any atom is 0.331 e. The Morgan fingerprint density at radius 2 is 1.87 bits per heavy atom. The van der Waals surface area contributed by atoms with Crippen molar-refractivity contribution in [3.05, 3.63) is 24.0 Å². The van der Waals surface area contributed by atoms with Crippen LogP contribution in [0.2, 0.25) is 0 Å². The predicted octanol–water partition coefficient (Wildman–Crippen LogP) is 1.98. The Balaban J connectivity index is 3.82. The molecule has 0 atom stereocenters. The lowest BCUT2D eigenvalue weighted by Gasteiger charge is -2.01. The van der Waals surface area contributed by atoms with Gasteiger partial charge in [0.2, 0.25) is 0 Å². The number of carboxylic acids is 1. The van der Waals surface area contributed by atoms with Crippen molar-refractivity contribution < 1.29 is 15.0 Å². The minimum Gasteiger partial charge on any atom is -0.516 e. The summed E-state index contributed by atoms with van der Waals surface area (Å²) in [6.07, 6.45) is 7.97. The second-order valence-corrected chi connectivity index (χ2v) is 3.29. The number of rotatable bonds is 8. The lowest BCUT2D eigenvalue weighted by molar-refractivity contribution is -0.132. The van der Waals surface area contributed by atoms with E-state index >= 15 is 0 Å². The van der Waals surface area contributed by atoms with Crippen molar-refractivity contribution >= 4 is 5.97 Å². The topological polar surface area (TPSA) is 83.5 Å². The van der Waals surface area contributed by atoms with E-state index in [1.165, 1.54) is 12.2 Å². The summed E-state index contributed by atoms with van der Waals surface area (Å²) in [6.45, 7) is 0.689. The van der Waals surface area contributed by atoms with Crippen molar-refractivity contribution in [2.45, 2.75) is 32.1 Å². The molecule has 4 N–H and O–H groups in total. The fourth-order valence-corrected chi connectivity index (χ4v) is 1.23. The Kier molecular flexibility index (Phi) is 8.47. The Bertz CT molecular complexity index is 234. The highest BCUT2D eigenvalue weighted by Gasteiger charge is 2.04. The number of carbonyl (C=O) groups is 1. The lowest BCUT2D eigenvalue weighted by Crippen LogP contribution is -2.01. The number of unbranched alkanes of at least 4 members (excludes halogenated alkanes) is 3. The highest BCUT2D eigenvalue weighted by Crippen LogP contribution is 2.10. The summed E-state index contributed by atoms with van der Waals surface area (Å²) in [5.74, 6) is -0.924. The van der Waals surface area contributed by atoms with Gasteiger partial charge in [0.05, 0.1) is 6.26 Å². The molecular weight excluding hydrogens is 194 g/mol. The van der Waals surface area contributed by atoms with E-state index in [0.717, 1.165) is 31.9 Å². The fraction of sp³-hybridized carbons (Fsp3) is 0.545. The molecule has 0 fully saturated rings. The molecular formula is C11H19NO3. The monoisotopic (exact) mass is 213 g/mol. The van der Waals surface area contributed by atoms with E-state index in [1.807, 2.05) is 0 Å². The van der Waals surface area contributed by atoms with Gasteiger partial charge in [-0.3, -0.25) is 0 Å². The van der Waals surface area contributed by atoms with E-state index in [1.54, 1.807) is 0 Å². The molecule has 0 aromatic heterocycles. The van der Waals surface area contributed by atoms with Crippen LogP contribution in [0.15, 0.2) is 24.0 Å². The van der Waals surface area contributed by atoms with Crippen molar-refractivity contribution in [3.63, 3.8) is 0 Å². The van der Waals surface area contributed by atoms with Crippen LogP contribution in [-0.2, 0) is 4.79 Å². The van der Waals surface area contributed by atoms with E-state index in [9.17, 15) is 4.79 Å². The molecule has 0 aliphatic carbocycles. The quantitative estimate of drug-likeness (QED) is 0.249. The van der Waals surface area contributed by atoms with Gasteiger partial charge in [0.25, 0.3) is 0 Å². The van der Waals surface area contributed by atoms with Gasteiger partial charge in [-0.25, -0.2) is 4.79 Å². The van der Waals surface area contributed by atoms with Crippen molar-refractivity contribution in [2.24, 2.45) is 5.73 Å². The van der Waals surface area contributed by atoms with E-state index in [0.29, 0.717) is 18.5 Å². The van der Waals surface area contributed by atoms with Gasteiger partial charge in [-0.2, -0.15) is 0 Å². The second kappa shape index (κ2) is 9.27. The van der Waals surface area contributed by atoms with Gasteiger partial charge >= 0.3 is 5.97 Å². The minimum absolute atomic E-state index is 0.327. The molecule has 0 aromatic rings. The molecule has 0 amide bonds. The minimum atomic E-state index is -0.924. The van der Waals surface area contributed by atoms with Gasteiger partial charge in [0.1, 0.15) is 0 Å². The highest BCUT2D eigenvalue weighted by molar-refractivity contribution is 5.86. The van der Waals surface area contributed by atoms with Crippen LogP contribution in [0.5, 0.6) is 0 Å². The predicted molar refractivity (Wildman–Crippen MR) is 59.6 cm³/mol. The number of hydrogen-bond acceptors (Lipinski definition) is 3. The van der Waals surface area contributed by atoms with Crippen LogP contribution in [-0.4, -0.2) is 22.7 Å². The zero-order valence-corrected chi connectivity index (χ0v) is 8.85. The van der Waals surface area contributed by atoms with Crippen LogP contribution < -0.4 is 5.73 Å². The van der Waals surface area contributed by atoms with Crippen LogP contribution in [0.3, 0.4) is 0 Å². The molecule has 0 bridgehead atoms. The summed E-state index contributed by atoms with van der Waals surface area (Å²) in [7, 11) is 0. The first-order chi connectivity index (χ1) is 7.22. The Labute approximate surface area is 90.1 Å². The maximum absolute atomic E-state index is 10.7. The Morgan fingerprint density at radius 1 is 1.20 bits per heavy atom. The summed E-state index contributed by atoms with van der Waals surface area (Å²) in [4.78, 5) is 10.7. The zero-order valence-electron chi connectivity index (χ0n) is 8.85. The average molecular weight is 213 g/mol. The lowest BCUT2D eigenvalue weighted by atomic mass is 10.1. The van der Waals surface area contributed by atoms with Crippen molar-refractivity contribution in [2.75, 3.05) is 6.54 Å². The number of aliphatic carboxylic acids is 1. The van der Waals surface area contributed by atoms with Gasteiger partial charge < -0.3 is 15.9 Å². The molecule has 0 saturated carbocycles. The van der Waals surface area contributed by atoms with Crippen LogP contribution in [0, 0.1) is 0 Å². The number of hydrogen-bond donors (Lipinski definition) is 3. The standard InChI is InChI=1S/C11H19NO3/c12-8-4-2-1-3-6-10(11(14)15)7-5-9-13/h5,7,9,13H,1-4,6,8,12H2,(H,14,15)/b9-5+,10-7+. The summed E-state index contributed by atoms with van der Waals surface area (Å²) >= 11 is 0. The summed E-state index contributed by atoms with van der Waals surface area (Å²) in [6, 6.07) is 0. The largest absolute Gasteiger partial charge is 0.516 e. The molecule has 0 radical (unpaired) electrons. The number of aliphatic hydroxyl groups is 1. The first-order valence-corrected chi connectivity index (χ1v) is 5.15. The van der Waals surface area contributed by atoms with Crippen molar-refractivity contribution in [3.8, 4) is 0 Å². The molecule has 0 aromatic carbocycles. The molecule has 86 valence electrons. The molecule has 0 saturated heterocycles. The van der Waals surface area contributed by atoms with Crippen molar-refractivity contribution in [1.82, 2.24) is 0 Å². The summed E-state index contributed by atoms with van der Waals surface area (Å²) in [5.41, 5.74) is 5.67. The molecule has 0 aliphatic rings. The summed E-state index contributed by atoms with van der Waals surface area (Å²) < 4.78 is 0. The third-order valence-electron chi connectivity index (χ3n) is 2.06. The smallest absolute Gasteiger partial charge is 0.331 e. The molecule has 0 heterocycles. The highest BCUT2D eigenvalue weighted by atomic mass is 16.4. The third kappa shape index (κ3) is 7.76. The maximum atomic E-state index is 10.7. The average Bonchev–Trinajstić information content (AvgIpc) is 2.21. The molecule has 0 aliphatic heterocycles. The zero-order chi connectivity index (χ0) is 11.5. The molecule has 0 rings (SSSR count). The van der Waals surface area contributed by atoms with Gasteiger partial charge in [-0.15, -0.1) is 0 Å². The molecule has 4 heteroatoms. The molecule has 15 heavy (non-hydrogen) atoms. The van der Waals surface area contributed by atoms with Crippen LogP contribution in [0.4, 0.5) is 0 Å². The van der Waals surface area contributed by atoms with E-state index in [-0.39, 0.29) is 0 Å². The van der Waals surface area contributed by atoms with Crippen molar-refractivity contribution in [1.29, 1.82) is 0 Å². The van der Waals surface area contributed by atoms with Crippen LogP contribution in [0.1, 0.15) is 32.1 Å². The van der Waals surface area contributed by atoms with Gasteiger partial charge in [-0.05, 0) is 38.0 Å². The Hall–Kier alpha value is -1.29. The van der Waals surface area contributed by atoms with E-state index in [2.05, 4.69) is 0 Å². The SMILES string of the molecule is NCCCCCC/C(=C\C=C\O)C(=O)O. The van der Waals surface area contributed by atoms with Crippen LogP contribution in [0.25, 0.3) is 0 Å². The first kappa shape index (κ1) is 13.7. The van der Waals surface area contributed by atoms with E-state index < -0.39 is 5.97 Å². The normalized spacial score (nSPS) is 12.2. The second-order valence-electron chi connectivity index (χ2n) is 3.29. The molecule has 0 spiro atoms. The Morgan fingerprint density at radius 3 is 2.40 bits per heavy atom. The van der Waals surface area contributed by atoms with Crippen LogP contribution >= 0.6 is 0 Å². The van der Waals surface area contributed by atoms with Gasteiger partial charge in [0.15, 0.2) is 0 Å². The number of allylic oxidation sites excluding steroid dienone is 2. The summed E-state index contributed by atoms with van der Waals surface area (Å²) in [5, 5.41) is 17.2. The number of nitrogens with two attached hydrogens (primary N) is 1. The molecule has 4 nitrogen and oxygen atoms in total. The van der Waals surface area contributed by atoms with Gasteiger partial charge in [0, 0.05) is 5.57 Å². The number of aliphatic hydroxyl groups excluding tert-OH is 1. The third-order valence-corrected chi connectivity index (χ3v) is 2.06. The van der Waals surface area contributed by atoms with E-state index in [4.69, 9.17) is 15.9 Å². The number of carboxylic acid groups (broad SMARTS) is 1. The fourth-order valence-electron chi connectivity index (χ4n) is 1.23. The van der Waals surface area contributed by atoms with Gasteiger partial charge in [-0.1, -0.05) is 12.8 Å². The molecule has 0 unspecified atom stereocenters. The first-order valence-electron chi connectivity index (χ1n) is 5.15.